The number of carbonyl (C=O) groups excluding carboxylic acids is 4. The van der Waals surface area contributed by atoms with E-state index in [4.69, 9.17) is 10.1 Å². The number of aromatic nitrogens is 1. The first-order chi connectivity index (χ1) is 35.8. The van der Waals surface area contributed by atoms with Crippen LogP contribution in [0.4, 0.5) is 59.3 Å². The summed E-state index contributed by atoms with van der Waals surface area (Å²) in [5.74, 6) is 0.423. The van der Waals surface area contributed by atoms with Gasteiger partial charge in [0.05, 0.1) is 49.4 Å². The van der Waals surface area contributed by atoms with E-state index < -0.39 is 126 Å². The largest absolute Gasteiger partial charge is 0.453 e. The fourth-order valence-electron chi connectivity index (χ4n) is 7.71. The van der Waals surface area contributed by atoms with Gasteiger partial charge in [-0.1, -0.05) is 24.0 Å². The Morgan fingerprint density at radius 2 is 1.34 bits per heavy atom. The minimum absolute atomic E-state index is 0.00547. The van der Waals surface area contributed by atoms with Crippen molar-refractivity contribution in [1.29, 1.82) is 5.41 Å². The normalized spacial score (nSPS) is 17.0. The number of rotatable bonds is 20. The lowest BCUT2D eigenvalue weighted by Crippen LogP contribution is -2.63. The number of nitrogens with one attached hydrogen (secondary N) is 6. The lowest BCUT2D eigenvalue weighted by Gasteiger charge is -2.38. The molecule has 4 amide bonds. The molecule has 1 aliphatic rings. The number of anilines is 1. The van der Waals surface area contributed by atoms with Crippen LogP contribution in [0.5, 0.6) is 0 Å². The van der Waals surface area contributed by atoms with Gasteiger partial charge in [0.2, 0.25) is 5.91 Å². The van der Waals surface area contributed by atoms with Gasteiger partial charge >= 0.3 is 31.1 Å². The van der Waals surface area contributed by atoms with E-state index in [2.05, 4.69) is 36.5 Å². The Bertz CT molecular complexity index is 2610. The number of allylic oxidation sites excluding steroid dienone is 1. The molecule has 0 radical (unpaired) electrons. The lowest BCUT2D eigenvalue weighted by atomic mass is 9.82. The first kappa shape index (κ1) is 62.4. The molecule has 1 aromatic heterocycles. The highest BCUT2D eigenvalue weighted by molar-refractivity contribution is 6.08. The number of pyridine rings is 1. The molecule has 2 aromatic carbocycles. The monoisotopic (exact) mass is 1100 g/mol. The molecule has 0 spiro atoms. The number of alkyl halides is 8. The van der Waals surface area contributed by atoms with Crippen molar-refractivity contribution < 1.29 is 82.4 Å². The summed E-state index contributed by atoms with van der Waals surface area (Å²) in [4.78, 5) is 59.3. The van der Waals surface area contributed by atoms with Crippen LogP contribution in [-0.2, 0) is 36.8 Å². The molecule has 2 heterocycles. The van der Waals surface area contributed by atoms with Crippen molar-refractivity contribution in [3.63, 3.8) is 0 Å². The van der Waals surface area contributed by atoms with Crippen molar-refractivity contribution >= 4 is 41.6 Å². The first-order valence-corrected chi connectivity index (χ1v) is 23.4. The number of methoxy groups -OCH3 is 2. The average molecular weight is 1100 g/mol. The van der Waals surface area contributed by atoms with Gasteiger partial charge in [-0.3, -0.25) is 15.0 Å². The number of hydrogen-bond acceptors (Lipinski definition) is 13. The minimum atomic E-state index is -5.24. The fourth-order valence-corrected chi connectivity index (χ4v) is 7.71. The molecule has 27 heteroatoms. The minimum Gasteiger partial charge on any atom is -0.453 e. The number of aliphatic hydroxyl groups is 1. The van der Waals surface area contributed by atoms with Gasteiger partial charge in [0.15, 0.2) is 0 Å². The number of alkyl carbamates (subject to hydrolysis) is 2. The highest BCUT2D eigenvalue weighted by atomic mass is 19.4. The number of nitrogens with zero attached hydrogens (tertiary/aromatic N) is 3. The molecule has 0 bridgehead atoms. The Kier molecular flexibility index (Phi) is 21.3. The Labute approximate surface area is 436 Å². The van der Waals surface area contributed by atoms with Crippen molar-refractivity contribution in [2.45, 2.75) is 110 Å². The van der Waals surface area contributed by atoms with E-state index in [9.17, 15) is 59.4 Å². The summed E-state index contributed by atoms with van der Waals surface area (Å²) in [5.41, 5.74) is -4.85. The third-order valence-corrected chi connectivity index (χ3v) is 12.4. The predicted octanol–water partition coefficient (Wildman–Crippen LogP) is 6.72. The number of morpholine rings is 1. The van der Waals surface area contributed by atoms with Gasteiger partial charge in [-0.2, -0.15) is 35.1 Å². The molecule has 77 heavy (non-hydrogen) atoms. The van der Waals surface area contributed by atoms with Gasteiger partial charge in [-0.05, 0) is 95.5 Å². The molecule has 7 N–H and O–H groups in total. The second kappa shape index (κ2) is 26.2. The Morgan fingerprint density at radius 1 is 0.831 bits per heavy atom. The number of hydrazine groups is 1. The topological polar surface area (TPSA) is 220 Å². The number of carbonyl (C=O) groups is 4. The van der Waals surface area contributed by atoms with Gasteiger partial charge in [-0.15, -0.1) is 0 Å². The molecule has 1 fully saturated rings. The second-order valence-corrected chi connectivity index (χ2v) is 19.0. The summed E-state index contributed by atoms with van der Waals surface area (Å²) in [5, 5.41) is 27.4. The zero-order valence-electron chi connectivity index (χ0n) is 42.9. The molecule has 6 atom stereocenters. The Balaban J connectivity index is 1.79. The molecule has 0 aliphatic carbocycles. The molecule has 422 valence electrons. The maximum absolute atomic E-state index is 16.0. The van der Waals surface area contributed by atoms with Gasteiger partial charge in [0.1, 0.15) is 29.5 Å². The molecule has 1 aliphatic heterocycles. The zero-order chi connectivity index (χ0) is 57.8. The lowest BCUT2D eigenvalue weighted by molar-refractivity contribution is -0.221. The van der Waals surface area contributed by atoms with Gasteiger partial charge in [0, 0.05) is 67.1 Å². The van der Waals surface area contributed by atoms with E-state index in [1.54, 1.807) is 22.9 Å². The summed E-state index contributed by atoms with van der Waals surface area (Å²) >= 11 is 0. The van der Waals surface area contributed by atoms with Crippen LogP contribution in [0.25, 0.3) is 5.57 Å². The third kappa shape index (κ3) is 16.9. The van der Waals surface area contributed by atoms with Crippen LogP contribution in [0.3, 0.4) is 0 Å². The Morgan fingerprint density at radius 3 is 1.81 bits per heavy atom. The van der Waals surface area contributed by atoms with E-state index in [1.165, 1.54) is 24.3 Å². The maximum Gasteiger partial charge on any atom is 0.407 e. The second-order valence-electron chi connectivity index (χ2n) is 19.0. The van der Waals surface area contributed by atoms with Crippen LogP contribution in [0.2, 0.25) is 0 Å². The first-order valence-electron chi connectivity index (χ1n) is 23.4. The van der Waals surface area contributed by atoms with Crippen LogP contribution in [-0.4, -0.2) is 135 Å². The number of ether oxygens (including phenoxy) is 3. The zero-order valence-corrected chi connectivity index (χ0v) is 42.9. The summed E-state index contributed by atoms with van der Waals surface area (Å²) in [6, 6.07) is 3.85. The van der Waals surface area contributed by atoms with E-state index in [0.29, 0.717) is 81.5 Å². The van der Waals surface area contributed by atoms with Crippen LogP contribution in [0.15, 0.2) is 60.9 Å². The average Bonchev–Trinajstić information content (AvgIpc) is 3.34. The summed E-state index contributed by atoms with van der Waals surface area (Å²) in [6.07, 6.45) is -13.5. The highest BCUT2D eigenvalue weighted by Gasteiger charge is 2.57. The molecule has 1 saturated heterocycles. The van der Waals surface area contributed by atoms with Crippen LogP contribution in [0, 0.1) is 39.7 Å². The van der Waals surface area contributed by atoms with Gasteiger partial charge < -0.3 is 50.9 Å². The van der Waals surface area contributed by atoms with Crippen LogP contribution >= 0.6 is 0 Å². The quantitative estimate of drug-likeness (QED) is 0.0206. The van der Waals surface area contributed by atoms with E-state index in [1.807, 2.05) is 30.7 Å². The summed E-state index contributed by atoms with van der Waals surface area (Å²) in [6.45, 7) is 1.90. The SMILES string of the molecule is COC(=O)NC(C(=O)N[C@@H](Cc1ccc(C#Cc2ccc(N3C[C@@H](C)O[C@@H](C)C3)nc2)cc1)[C@@H](O)CN(Cc1c(F)cc(/C(C=N)=C/NC(F)F)cc1F)NC(=O)[C@@H](NC(=O)OC)C(C)(C)C(F)(F)F)C(C)(C)C(F)(F)F. The van der Waals surface area contributed by atoms with Crippen molar-refractivity contribution in [1.82, 2.24) is 36.7 Å². The Hall–Kier alpha value is -7.18. The maximum atomic E-state index is 16.0. The summed E-state index contributed by atoms with van der Waals surface area (Å²) < 4.78 is 159. The molecule has 17 nitrogen and oxygen atoms in total. The molecule has 3 aromatic rings. The standard InChI is InChI=1S/C50H59F10N9O8/c1-27-23-68(24-28(2)77-27)39-16-15-31(21-62-39)14-11-29-9-12-30(13-10-29)17-37(64-42(71)40(65-45(73)75-7)47(3,4)49(55,56)57)38(70)26-69(67-43(72)41(66-46(74)76-8)48(5,6)50(58,59)60)25-34-35(51)18-32(19-36(34)52)33(20-61)22-63-44(53)54/h9-10,12-13,15-16,18-22,27-28,37-38,40-41,44,61,63,70H,17,23-26H2,1-8H3,(H,64,71)(H,65,73)(H,66,74)(H,67,72)/b33-22+,61-20?/t27-,28+,37-,38-,40?,41+/m0/s1. The van der Waals surface area contributed by atoms with Crippen LogP contribution < -0.4 is 31.6 Å². The number of benzene rings is 2. The third-order valence-electron chi connectivity index (χ3n) is 12.4. The number of halogens is 10. The van der Waals surface area contributed by atoms with Crippen LogP contribution in [0.1, 0.15) is 69.4 Å². The molecule has 1 unspecified atom stereocenters. The van der Waals surface area contributed by atoms with E-state index in [0.717, 1.165) is 20.0 Å². The highest BCUT2D eigenvalue weighted by Crippen LogP contribution is 2.42. The van der Waals surface area contributed by atoms with Crippen molar-refractivity contribution in [2.24, 2.45) is 10.8 Å². The number of aliphatic hydroxyl groups excluding tert-OH is 1. The number of amides is 4. The van der Waals surface area contributed by atoms with Gasteiger partial charge in [-0.25, -0.2) is 28.4 Å². The van der Waals surface area contributed by atoms with E-state index in [-0.39, 0.29) is 17.8 Å². The summed E-state index contributed by atoms with van der Waals surface area (Å²) in [7, 11) is 1.58. The van der Waals surface area contributed by atoms with Crippen molar-refractivity contribution in [2.75, 3.05) is 38.8 Å². The fraction of sp³-hybridized carbons (Fsp3) is 0.480. The number of hydrogen-bond donors (Lipinski definition) is 7. The molecule has 4 rings (SSSR count). The molecular weight excluding hydrogens is 1040 g/mol. The predicted molar refractivity (Wildman–Crippen MR) is 260 cm³/mol. The molecular formula is C50H59F10N9O8. The van der Waals surface area contributed by atoms with Gasteiger partial charge in [0.25, 0.3) is 5.91 Å². The van der Waals surface area contributed by atoms with E-state index >= 15 is 8.78 Å². The van der Waals surface area contributed by atoms with Crippen molar-refractivity contribution in [3.05, 3.63) is 100 Å². The smallest absolute Gasteiger partial charge is 0.407 e. The molecule has 0 saturated carbocycles. The van der Waals surface area contributed by atoms with Crippen molar-refractivity contribution in [3.8, 4) is 11.8 Å².